The van der Waals surface area contributed by atoms with Crippen LogP contribution in [0.4, 0.5) is 10.0 Å². The van der Waals surface area contributed by atoms with Gasteiger partial charge in [-0.1, -0.05) is 11.3 Å². The van der Waals surface area contributed by atoms with E-state index in [2.05, 4.69) is 5.32 Å². The largest absolute Gasteiger partial charge is 0.366 e. The number of nitrogens with zero attached hydrogens (tertiary/aromatic N) is 1. The summed E-state index contributed by atoms with van der Waals surface area (Å²) in [6, 6.07) is 4.53. The zero-order valence-electron chi connectivity index (χ0n) is 11.4. The van der Waals surface area contributed by atoms with E-state index in [0.29, 0.717) is 9.88 Å². The summed E-state index contributed by atoms with van der Waals surface area (Å²) in [6.07, 6.45) is 2.72. The number of rotatable bonds is 5. The summed E-state index contributed by atoms with van der Waals surface area (Å²) in [5.74, 6) is -1.06. The fraction of sp³-hybridized carbons (Fsp3) is 0.0769. The van der Waals surface area contributed by atoms with Gasteiger partial charge < -0.3 is 11.1 Å². The van der Waals surface area contributed by atoms with Crippen molar-refractivity contribution in [3.8, 4) is 0 Å². The molecule has 0 aliphatic heterocycles. The van der Waals surface area contributed by atoms with Crippen LogP contribution in [0.15, 0.2) is 24.3 Å². The molecule has 0 radical (unpaired) electrons. The summed E-state index contributed by atoms with van der Waals surface area (Å²) in [5.41, 5.74) is 5.50. The predicted octanol–water partition coefficient (Wildman–Crippen LogP) is 2.78. The van der Waals surface area contributed by atoms with Crippen LogP contribution in [0.3, 0.4) is 0 Å². The second kappa shape index (κ2) is 6.50. The van der Waals surface area contributed by atoms with Crippen LogP contribution in [0, 0.1) is 17.0 Å². The van der Waals surface area contributed by atoms with E-state index in [-0.39, 0.29) is 10.6 Å². The van der Waals surface area contributed by atoms with Gasteiger partial charge in [0.1, 0.15) is 5.00 Å². The molecule has 0 unspecified atom stereocenters. The molecule has 2 amide bonds. The van der Waals surface area contributed by atoms with Crippen molar-refractivity contribution >= 4 is 50.6 Å². The summed E-state index contributed by atoms with van der Waals surface area (Å²) in [4.78, 5) is 34.6. The first kappa shape index (κ1) is 15.9. The number of carbonyl (C=O) groups is 2. The molecule has 9 heteroatoms. The minimum absolute atomic E-state index is 0.00459. The van der Waals surface area contributed by atoms with Crippen molar-refractivity contribution in [3.63, 3.8) is 0 Å². The van der Waals surface area contributed by atoms with Crippen molar-refractivity contribution in [2.24, 2.45) is 5.73 Å². The molecule has 3 N–H and O–H groups in total. The molecule has 0 saturated heterocycles. The van der Waals surface area contributed by atoms with Gasteiger partial charge in [-0.15, -0.1) is 11.3 Å². The number of hydrogen-bond acceptors (Lipinski definition) is 6. The summed E-state index contributed by atoms with van der Waals surface area (Å²) < 4.78 is 0. The van der Waals surface area contributed by atoms with E-state index in [1.807, 2.05) is 0 Å². The van der Waals surface area contributed by atoms with Crippen molar-refractivity contribution < 1.29 is 14.5 Å². The standard InChI is InChI=1S/C13H11N3O4S2/c1-7-6-9(12(14)18)13(21-7)15-10(17)4-2-8-3-5-11(22-8)16(19)20/h2-6H,1H3,(H2,14,18)(H,15,17)/b4-2+. The van der Waals surface area contributed by atoms with Crippen LogP contribution >= 0.6 is 22.7 Å². The monoisotopic (exact) mass is 337 g/mol. The molecule has 7 nitrogen and oxygen atoms in total. The van der Waals surface area contributed by atoms with E-state index in [1.165, 1.54) is 29.6 Å². The van der Waals surface area contributed by atoms with Crippen LogP contribution in [0.5, 0.6) is 0 Å². The number of nitrogens with two attached hydrogens (primary N) is 1. The summed E-state index contributed by atoms with van der Waals surface area (Å²) in [5, 5.41) is 13.5. The summed E-state index contributed by atoms with van der Waals surface area (Å²) >= 11 is 2.21. The maximum Gasteiger partial charge on any atom is 0.324 e. The Bertz CT molecular complexity index is 776. The zero-order chi connectivity index (χ0) is 16.3. The number of primary amides is 1. The third-order valence-corrected chi connectivity index (χ3v) is 4.52. The Morgan fingerprint density at radius 3 is 2.68 bits per heavy atom. The van der Waals surface area contributed by atoms with E-state index in [4.69, 9.17) is 5.73 Å². The number of nitro groups is 1. The van der Waals surface area contributed by atoms with Gasteiger partial charge in [0.2, 0.25) is 5.91 Å². The third kappa shape index (κ3) is 3.77. The van der Waals surface area contributed by atoms with Crippen molar-refractivity contribution in [2.75, 3.05) is 5.32 Å². The van der Waals surface area contributed by atoms with Gasteiger partial charge in [0.05, 0.1) is 10.5 Å². The van der Waals surface area contributed by atoms with Gasteiger partial charge >= 0.3 is 5.00 Å². The molecule has 2 aromatic heterocycles. The van der Waals surface area contributed by atoms with E-state index in [1.54, 1.807) is 19.1 Å². The quantitative estimate of drug-likeness (QED) is 0.496. The molecule has 22 heavy (non-hydrogen) atoms. The Hall–Kier alpha value is -2.52. The Labute approximate surface area is 133 Å². The number of aryl methyl sites for hydroxylation is 1. The van der Waals surface area contributed by atoms with E-state index in [0.717, 1.165) is 16.2 Å². The molecule has 114 valence electrons. The molecule has 0 aliphatic carbocycles. The number of anilines is 1. The van der Waals surface area contributed by atoms with Crippen LogP contribution in [-0.4, -0.2) is 16.7 Å². The fourth-order valence-corrected chi connectivity index (χ4v) is 3.28. The average molecular weight is 337 g/mol. The average Bonchev–Trinajstić information content (AvgIpc) is 3.03. The van der Waals surface area contributed by atoms with Crippen LogP contribution in [0.2, 0.25) is 0 Å². The second-order valence-corrected chi connectivity index (χ2v) is 6.57. The van der Waals surface area contributed by atoms with Gasteiger partial charge in [-0.05, 0) is 25.1 Å². The fourth-order valence-electron chi connectivity index (χ4n) is 1.63. The highest BCUT2D eigenvalue weighted by Crippen LogP contribution is 2.27. The first-order valence-electron chi connectivity index (χ1n) is 6.00. The van der Waals surface area contributed by atoms with E-state index in [9.17, 15) is 19.7 Å². The smallest absolute Gasteiger partial charge is 0.324 e. The molecular formula is C13H11N3O4S2. The Morgan fingerprint density at radius 1 is 1.36 bits per heavy atom. The summed E-state index contributed by atoms with van der Waals surface area (Å²) in [6.45, 7) is 1.80. The maximum atomic E-state index is 11.8. The Balaban J connectivity index is 2.08. The molecule has 0 aromatic carbocycles. The normalized spacial score (nSPS) is 10.8. The van der Waals surface area contributed by atoms with Crippen molar-refractivity contribution in [1.29, 1.82) is 0 Å². The van der Waals surface area contributed by atoms with Gasteiger partial charge in [-0.3, -0.25) is 19.7 Å². The predicted molar refractivity (Wildman–Crippen MR) is 86.2 cm³/mol. The summed E-state index contributed by atoms with van der Waals surface area (Å²) in [7, 11) is 0. The van der Waals surface area contributed by atoms with E-state index >= 15 is 0 Å². The first-order chi connectivity index (χ1) is 10.4. The van der Waals surface area contributed by atoms with Gasteiger partial charge in [0.15, 0.2) is 0 Å². The lowest BCUT2D eigenvalue weighted by Crippen LogP contribution is -2.14. The number of carbonyl (C=O) groups excluding carboxylic acids is 2. The molecule has 0 atom stereocenters. The van der Waals surface area contributed by atoms with Crippen molar-refractivity contribution in [1.82, 2.24) is 0 Å². The van der Waals surface area contributed by atoms with Crippen LogP contribution in [-0.2, 0) is 4.79 Å². The maximum absolute atomic E-state index is 11.8. The highest BCUT2D eigenvalue weighted by molar-refractivity contribution is 7.16. The van der Waals surface area contributed by atoms with E-state index < -0.39 is 16.7 Å². The number of amides is 2. The van der Waals surface area contributed by atoms with Crippen molar-refractivity contribution in [2.45, 2.75) is 6.92 Å². The Morgan fingerprint density at radius 2 is 2.09 bits per heavy atom. The molecule has 0 spiro atoms. The molecule has 2 aromatic rings. The molecule has 0 saturated carbocycles. The lowest BCUT2D eigenvalue weighted by molar-refractivity contribution is -0.380. The topological polar surface area (TPSA) is 115 Å². The third-order valence-electron chi connectivity index (χ3n) is 2.55. The highest BCUT2D eigenvalue weighted by Gasteiger charge is 2.13. The molecule has 0 bridgehead atoms. The van der Waals surface area contributed by atoms with Gasteiger partial charge in [0.25, 0.3) is 5.91 Å². The molecule has 0 aliphatic rings. The zero-order valence-corrected chi connectivity index (χ0v) is 13.0. The van der Waals surface area contributed by atoms with Gasteiger partial charge in [0, 0.05) is 21.9 Å². The first-order valence-corrected chi connectivity index (χ1v) is 7.63. The van der Waals surface area contributed by atoms with Gasteiger partial charge in [-0.25, -0.2) is 0 Å². The molecule has 2 heterocycles. The lowest BCUT2D eigenvalue weighted by Gasteiger charge is -2.00. The van der Waals surface area contributed by atoms with Crippen LogP contribution in [0.1, 0.15) is 20.1 Å². The van der Waals surface area contributed by atoms with Crippen LogP contribution in [0.25, 0.3) is 6.08 Å². The van der Waals surface area contributed by atoms with Gasteiger partial charge in [-0.2, -0.15) is 0 Å². The van der Waals surface area contributed by atoms with Crippen molar-refractivity contribution in [3.05, 3.63) is 49.7 Å². The number of nitrogens with one attached hydrogen (secondary N) is 1. The highest BCUT2D eigenvalue weighted by atomic mass is 32.1. The molecule has 0 fully saturated rings. The SMILES string of the molecule is Cc1cc(C(N)=O)c(NC(=O)/C=C/c2ccc([N+](=O)[O-])s2)s1. The lowest BCUT2D eigenvalue weighted by atomic mass is 10.3. The minimum atomic E-state index is -0.613. The number of thiophene rings is 2. The molecule has 2 rings (SSSR count). The second-order valence-electron chi connectivity index (χ2n) is 4.22. The molecular weight excluding hydrogens is 326 g/mol. The Kier molecular flexibility index (Phi) is 4.68. The minimum Gasteiger partial charge on any atom is -0.366 e. The van der Waals surface area contributed by atoms with Crippen LogP contribution < -0.4 is 11.1 Å². The number of hydrogen-bond donors (Lipinski definition) is 2.